The predicted octanol–water partition coefficient (Wildman–Crippen LogP) is 3.74. The highest BCUT2D eigenvalue weighted by Gasteiger charge is 2.19. The van der Waals surface area contributed by atoms with Crippen LogP contribution in [0.15, 0.2) is 36.7 Å². The van der Waals surface area contributed by atoms with E-state index in [0.717, 1.165) is 31.0 Å². The summed E-state index contributed by atoms with van der Waals surface area (Å²) in [4.78, 5) is 11.1. The Balaban J connectivity index is 1.47. The maximum absolute atomic E-state index is 4.28. The SMILES string of the molecule is Cc1ncc(CNC2CCCN(Cc3ccc(CC(C)C)cc3)C2)cn1. The van der Waals surface area contributed by atoms with Crippen LogP contribution in [0.25, 0.3) is 0 Å². The summed E-state index contributed by atoms with van der Waals surface area (Å²) in [6.07, 6.45) is 7.52. The van der Waals surface area contributed by atoms with Crippen molar-refractivity contribution in [2.24, 2.45) is 5.92 Å². The highest BCUT2D eigenvalue weighted by molar-refractivity contribution is 5.23. The Hall–Kier alpha value is -1.78. The molecule has 2 heterocycles. The monoisotopic (exact) mass is 352 g/mol. The van der Waals surface area contributed by atoms with Crippen LogP contribution in [-0.4, -0.2) is 34.0 Å². The van der Waals surface area contributed by atoms with E-state index in [2.05, 4.69) is 58.3 Å². The van der Waals surface area contributed by atoms with Gasteiger partial charge < -0.3 is 5.32 Å². The minimum atomic E-state index is 0.547. The Morgan fingerprint density at radius 2 is 1.77 bits per heavy atom. The molecule has 0 amide bonds. The number of benzene rings is 1. The molecule has 1 atom stereocenters. The lowest BCUT2D eigenvalue weighted by atomic mass is 10.0. The number of hydrogen-bond acceptors (Lipinski definition) is 4. The second-order valence-corrected chi connectivity index (χ2v) is 8.01. The molecule has 1 aromatic carbocycles. The fourth-order valence-electron chi connectivity index (χ4n) is 3.65. The molecule has 1 aromatic heterocycles. The van der Waals surface area contributed by atoms with E-state index in [0.29, 0.717) is 12.0 Å². The second-order valence-electron chi connectivity index (χ2n) is 8.01. The lowest BCUT2D eigenvalue weighted by molar-refractivity contribution is 0.182. The van der Waals surface area contributed by atoms with Crippen LogP contribution in [0.5, 0.6) is 0 Å². The third-order valence-corrected chi connectivity index (χ3v) is 5.01. The molecule has 2 aromatic rings. The fourth-order valence-corrected chi connectivity index (χ4v) is 3.65. The molecule has 1 fully saturated rings. The van der Waals surface area contributed by atoms with Crippen LogP contribution in [0.2, 0.25) is 0 Å². The first kappa shape index (κ1) is 19.0. The topological polar surface area (TPSA) is 41.1 Å². The van der Waals surface area contributed by atoms with Crippen LogP contribution in [-0.2, 0) is 19.5 Å². The number of piperidine rings is 1. The molecule has 140 valence electrons. The summed E-state index contributed by atoms with van der Waals surface area (Å²) in [6, 6.07) is 9.75. The first-order valence-corrected chi connectivity index (χ1v) is 9.89. The first-order valence-electron chi connectivity index (χ1n) is 9.89. The molecule has 0 bridgehead atoms. The molecular weight excluding hydrogens is 320 g/mol. The average molecular weight is 353 g/mol. The van der Waals surface area contributed by atoms with Crippen LogP contribution < -0.4 is 5.32 Å². The minimum absolute atomic E-state index is 0.547. The standard InChI is InChI=1S/C22H32N4/c1-17(2)11-19-6-8-20(9-7-19)15-26-10-4-5-22(16-26)25-14-21-12-23-18(3)24-13-21/h6-9,12-13,17,22,25H,4-5,10-11,14-16H2,1-3H3. The van der Waals surface area contributed by atoms with E-state index in [1.54, 1.807) is 0 Å². The molecule has 1 N–H and O–H groups in total. The van der Waals surface area contributed by atoms with Gasteiger partial charge in [-0.3, -0.25) is 4.90 Å². The third kappa shape index (κ3) is 5.89. The van der Waals surface area contributed by atoms with Crippen molar-refractivity contribution in [1.82, 2.24) is 20.2 Å². The predicted molar refractivity (Wildman–Crippen MR) is 107 cm³/mol. The zero-order chi connectivity index (χ0) is 18.4. The van der Waals surface area contributed by atoms with E-state index in [-0.39, 0.29) is 0 Å². The van der Waals surface area contributed by atoms with Gasteiger partial charge in [-0.2, -0.15) is 0 Å². The number of hydrogen-bond donors (Lipinski definition) is 1. The van der Waals surface area contributed by atoms with Gasteiger partial charge in [-0.1, -0.05) is 38.1 Å². The van der Waals surface area contributed by atoms with Crippen LogP contribution in [0, 0.1) is 12.8 Å². The lowest BCUT2D eigenvalue weighted by Crippen LogP contribution is -2.45. The Morgan fingerprint density at radius 1 is 1.08 bits per heavy atom. The van der Waals surface area contributed by atoms with Crippen molar-refractivity contribution in [3.8, 4) is 0 Å². The van der Waals surface area contributed by atoms with Gasteiger partial charge in [0.05, 0.1) is 0 Å². The zero-order valence-electron chi connectivity index (χ0n) is 16.4. The first-order chi connectivity index (χ1) is 12.6. The molecule has 0 saturated carbocycles. The zero-order valence-corrected chi connectivity index (χ0v) is 16.4. The normalized spacial score (nSPS) is 18.4. The van der Waals surface area contributed by atoms with E-state index in [9.17, 15) is 0 Å². The summed E-state index contributed by atoms with van der Waals surface area (Å²) in [5.41, 5.74) is 4.03. The molecule has 1 aliphatic rings. The van der Waals surface area contributed by atoms with Crippen molar-refractivity contribution in [1.29, 1.82) is 0 Å². The average Bonchev–Trinajstić information content (AvgIpc) is 2.63. The number of likely N-dealkylation sites (tertiary alicyclic amines) is 1. The summed E-state index contributed by atoms with van der Waals surface area (Å²) < 4.78 is 0. The molecule has 1 saturated heterocycles. The van der Waals surface area contributed by atoms with Crippen molar-refractivity contribution >= 4 is 0 Å². The summed E-state index contributed by atoms with van der Waals surface area (Å²) >= 11 is 0. The molecule has 0 aliphatic carbocycles. The number of rotatable bonds is 7. The minimum Gasteiger partial charge on any atom is -0.309 e. The summed E-state index contributed by atoms with van der Waals surface area (Å²) in [6.45, 7) is 10.7. The van der Waals surface area contributed by atoms with Gasteiger partial charge in [0.15, 0.2) is 0 Å². The number of nitrogens with one attached hydrogen (secondary N) is 1. The summed E-state index contributed by atoms with van der Waals surface area (Å²) in [5.74, 6) is 1.55. The number of aromatic nitrogens is 2. The summed E-state index contributed by atoms with van der Waals surface area (Å²) in [7, 11) is 0. The van der Waals surface area contributed by atoms with Crippen molar-refractivity contribution in [3.63, 3.8) is 0 Å². The largest absolute Gasteiger partial charge is 0.309 e. The van der Waals surface area contributed by atoms with Gasteiger partial charge in [-0.25, -0.2) is 9.97 Å². The van der Waals surface area contributed by atoms with Gasteiger partial charge in [0.2, 0.25) is 0 Å². The molecule has 3 rings (SSSR count). The van der Waals surface area contributed by atoms with Gasteiger partial charge in [0.1, 0.15) is 5.82 Å². The number of aryl methyl sites for hydroxylation is 1. The maximum Gasteiger partial charge on any atom is 0.125 e. The van der Waals surface area contributed by atoms with Gasteiger partial charge in [0, 0.05) is 43.6 Å². The molecular formula is C22H32N4. The van der Waals surface area contributed by atoms with Crippen LogP contribution in [0.1, 0.15) is 49.2 Å². The van der Waals surface area contributed by atoms with E-state index in [1.165, 1.54) is 36.9 Å². The molecule has 4 nitrogen and oxygen atoms in total. The highest BCUT2D eigenvalue weighted by atomic mass is 15.2. The Kier molecular flexibility index (Phi) is 6.75. The van der Waals surface area contributed by atoms with Gasteiger partial charge in [0.25, 0.3) is 0 Å². The quantitative estimate of drug-likeness (QED) is 0.824. The van der Waals surface area contributed by atoms with Gasteiger partial charge in [-0.05, 0) is 49.8 Å². The highest BCUT2D eigenvalue weighted by Crippen LogP contribution is 2.16. The molecule has 1 unspecified atom stereocenters. The smallest absolute Gasteiger partial charge is 0.125 e. The molecule has 26 heavy (non-hydrogen) atoms. The lowest BCUT2D eigenvalue weighted by Gasteiger charge is -2.33. The van der Waals surface area contributed by atoms with Crippen molar-refractivity contribution < 1.29 is 0 Å². The van der Waals surface area contributed by atoms with Gasteiger partial charge >= 0.3 is 0 Å². The maximum atomic E-state index is 4.28. The van der Waals surface area contributed by atoms with Crippen LogP contribution in [0.4, 0.5) is 0 Å². The van der Waals surface area contributed by atoms with E-state index >= 15 is 0 Å². The third-order valence-electron chi connectivity index (χ3n) is 5.01. The molecule has 0 spiro atoms. The second kappa shape index (κ2) is 9.24. The van der Waals surface area contributed by atoms with Crippen molar-refractivity contribution in [2.75, 3.05) is 13.1 Å². The van der Waals surface area contributed by atoms with Crippen molar-refractivity contribution in [3.05, 3.63) is 59.2 Å². The fraction of sp³-hybridized carbons (Fsp3) is 0.545. The number of nitrogens with zero attached hydrogens (tertiary/aromatic N) is 3. The van der Waals surface area contributed by atoms with Crippen LogP contribution >= 0.6 is 0 Å². The van der Waals surface area contributed by atoms with Gasteiger partial charge in [-0.15, -0.1) is 0 Å². The Morgan fingerprint density at radius 3 is 2.46 bits per heavy atom. The van der Waals surface area contributed by atoms with E-state index in [1.807, 2.05) is 19.3 Å². The van der Waals surface area contributed by atoms with Crippen LogP contribution in [0.3, 0.4) is 0 Å². The Labute approximate surface area is 158 Å². The van der Waals surface area contributed by atoms with Crippen molar-refractivity contribution in [2.45, 2.75) is 59.2 Å². The molecule has 1 aliphatic heterocycles. The molecule has 0 radical (unpaired) electrons. The Bertz CT molecular complexity index is 664. The van der Waals surface area contributed by atoms with E-state index < -0.39 is 0 Å². The summed E-state index contributed by atoms with van der Waals surface area (Å²) in [5, 5.41) is 3.68. The van der Waals surface area contributed by atoms with E-state index in [4.69, 9.17) is 0 Å². The molecule has 4 heteroatoms.